The highest BCUT2D eigenvalue weighted by Gasteiger charge is 2.41. The molecule has 2 aromatic rings. The molecule has 1 aromatic heterocycles. The predicted octanol–water partition coefficient (Wildman–Crippen LogP) is 1.81. The fraction of sp³-hybridized carbons (Fsp3) is 0.421. The third-order valence-electron chi connectivity index (χ3n) is 4.98. The summed E-state index contributed by atoms with van der Waals surface area (Å²) < 4.78 is 1.82. The molecule has 1 saturated heterocycles. The van der Waals surface area contributed by atoms with E-state index in [1.807, 2.05) is 47.0 Å². The topological polar surface area (TPSA) is 67.2 Å². The lowest BCUT2D eigenvalue weighted by atomic mass is 10.1. The molecule has 1 unspecified atom stereocenters. The summed E-state index contributed by atoms with van der Waals surface area (Å²) in [5, 5.41) is 7.33. The van der Waals surface area contributed by atoms with E-state index >= 15 is 0 Å². The number of rotatable bonds is 5. The second-order valence-corrected chi connectivity index (χ2v) is 6.98. The van der Waals surface area contributed by atoms with Crippen LogP contribution in [0.3, 0.4) is 0 Å². The Hall–Kier alpha value is -2.63. The van der Waals surface area contributed by atoms with Crippen molar-refractivity contribution < 1.29 is 9.59 Å². The van der Waals surface area contributed by atoms with E-state index in [0.717, 1.165) is 29.7 Å². The van der Waals surface area contributed by atoms with Crippen LogP contribution >= 0.6 is 0 Å². The molecule has 1 saturated carbocycles. The van der Waals surface area contributed by atoms with Gasteiger partial charge in [-0.05, 0) is 31.4 Å². The Morgan fingerprint density at radius 3 is 2.88 bits per heavy atom. The summed E-state index contributed by atoms with van der Waals surface area (Å²) in [6, 6.07) is 8.42. The molecule has 0 bridgehead atoms. The minimum Gasteiger partial charge on any atom is -0.352 e. The quantitative estimate of drug-likeness (QED) is 0.904. The van der Waals surface area contributed by atoms with Gasteiger partial charge in [0, 0.05) is 37.3 Å². The first-order valence-electron chi connectivity index (χ1n) is 8.78. The largest absolute Gasteiger partial charge is 0.352 e. The molecule has 2 amide bonds. The van der Waals surface area contributed by atoms with Crippen molar-refractivity contribution in [3.05, 3.63) is 47.8 Å². The first-order chi connectivity index (χ1) is 12.1. The number of hydrogen-bond acceptors (Lipinski definition) is 3. The summed E-state index contributed by atoms with van der Waals surface area (Å²) in [5.41, 5.74) is 3.12. The van der Waals surface area contributed by atoms with Gasteiger partial charge in [0.2, 0.25) is 11.8 Å². The summed E-state index contributed by atoms with van der Waals surface area (Å²) in [4.78, 5) is 26.2. The van der Waals surface area contributed by atoms with Gasteiger partial charge >= 0.3 is 0 Å². The van der Waals surface area contributed by atoms with Crippen LogP contribution in [0, 0.1) is 12.8 Å². The Kier molecular flexibility index (Phi) is 4.03. The fourth-order valence-electron chi connectivity index (χ4n) is 3.38. The molecule has 130 valence electrons. The molecule has 1 aliphatic carbocycles. The van der Waals surface area contributed by atoms with Gasteiger partial charge in [-0.3, -0.25) is 9.59 Å². The Morgan fingerprint density at radius 1 is 1.32 bits per heavy atom. The average Bonchev–Trinajstić information content (AvgIpc) is 3.21. The highest BCUT2D eigenvalue weighted by Crippen LogP contribution is 2.32. The molecule has 2 aliphatic rings. The van der Waals surface area contributed by atoms with Crippen LogP contribution in [0.4, 0.5) is 0 Å². The molecule has 1 aromatic carbocycles. The second-order valence-electron chi connectivity index (χ2n) is 6.98. The van der Waals surface area contributed by atoms with Gasteiger partial charge in [-0.15, -0.1) is 0 Å². The fourth-order valence-corrected chi connectivity index (χ4v) is 3.38. The number of para-hydroxylation sites is 1. The van der Waals surface area contributed by atoms with E-state index in [0.29, 0.717) is 25.6 Å². The zero-order valence-electron chi connectivity index (χ0n) is 14.3. The van der Waals surface area contributed by atoms with Crippen LogP contribution in [0.2, 0.25) is 0 Å². The van der Waals surface area contributed by atoms with Crippen molar-refractivity contribution >= 4 is 11.8 Å². The molecular formula is C19H22N4O2. The van der Waals surface area contributed by atoms with Gasteiger partial charge in [0.1, 0.15) is 0 Å². The van der Waals surface area contributed by atoms with E-state index in [2.05, 4.69) is 10.4 Å². The maximum absolute atomic E-state index is 12.4. The average molecular weight is 338 g/mol. The number of aryl methyl sites for hydroxylation is 1. The third kappa shape index (κ3) is 3.29. The Morgan fingerprint density at radius 2 is 2.12 bits per heavy atom. The van der Waals surface area contributed by atoms with Gasteiger partial charge in [0.25, 0.3) is 0 Å². The second kappa shape index (κ2) is 6.35. The van der Waals surface area contributed by atoms with Crippen molar-refractivity contribution in [2.24, 2.45) is 5.92 Å². The number of likely N-dealkylation sites (tertiary alicyclic amines) is 1. The molecule has 0 spiro atoms. The molecule has 1 atom stereocenters. The van der Waals surface area contributed by atoms with Crippen molar-refractivity contribution in [1.82, 2.24) is 20.0 Å². The van der Waals surface area contributed by atoms with E-state index in [9.17, 15) is 9.59 Å². The van der Waals surface area contributed by atoms with Crippen LogP contribution in [-0.4, -0.2) is 39.1 Å². The lowest BCUT2D eigenvalue weighted by molar-refractivity contribution is -0.129. The number of nitrogens with one attached hydrogen (secondary N) is 1. The predicted molar refractivity (Wildman–Crippen MR) is 93.0 cm³/mol. The summed E-state index contributed by atoms with van der Waals surface area (Å²) >= 11 is 0. The molecule has 6 nitrogen and oxygen atoms in total. The Labute approximate surface area is 146 Å². The summed E-state index contributed by atoms with van der Waals surface area (Å²) in [5.74, 6) is -0.144. The number of nitrogens with zero attached hydrogens (tertiary/aromatic N) is 3. The summed E-state index contributed by atoms with van der Waals surface area (Å²) in [6.45, 7) is 3.04. The maximum atomic E-state index is 12.4. The van der Waals surface area contributed by atoms with E-state index in [1.165, 1.54) is 0 Å². The van der Waals surface area contributed by atoms with Gasteiger partial charge in [-0.25, -0.2) is 4.68 Å². The van der Waals surface area contributed by atoms with Gasteiger partial charge < -0.3 is 10.2 Å². The first kappa shape index (κ1) is 15.9. The van der Waals surface area contributed by atoms with Crippen molar-refractivity contribution in [2.45, 2.75) is 38.8 Å². The number of carbonyl (C=O) groups excluding carboxylic acids is 2. The van der Waals surface area contributed by atoms with Crippen LogP contribution in [0.5, 0.6) is 0 Å². The van der Waals surface area contributed by atoms with Crippen LogP contribution < -0.4 is 5.32 Å². The molecule has 2 fully saturated rings. The normalized spacial score (nSPS) is 20.1. The zero-order chi connectivity index (χ0) is 17.4. The SMILES string of the molecule is Cc1ccccc1-n1cc(CNC(=O)C2CC(=O)N(C3CC3)C2)cn1. The van der Waals surface area contributed by atoms with E-state index in [1.54, 1.807) is 6.20 Å². The van der Waals surface area contributed by atoms with Gasteiger partial charge in [0.15, 0.2) is 0 Å². The molecule has 25 heavy (non-hydrogen) atoms. The van der Waals surface area contributed by atoms with E-state index in [-0.39, 0.29) is 17.7 Å². The molecule has 0 radical (unpaired) electrons. The minimum absolute atomic E-state index is 0.0415. The van der Waals surface area contributed by atoms with Gasteiger partial charge in [-0.1, -0.05) is 18.2 Å². The Bertz CT molecular complexity index is 809. The molecule has 4 rings (SSSR count). The number of amides is 2. The van der Waals surface area contributed by atoms with Crippen LogP contribution in [0.15, 0.2) is 36.7 Å². The van der Waals surface area contributed by atoms with E-state index < -0.39 is 0 Å². The molecule has 1 N–H and O–H groups in total. The standard InChI is InChI=1S/C19H22N4O2/c1-13-4-2-3-5-17(13)23-11-14(10-21-23)9-20-19(25)15-8-18(24)22(12-15)16-6-7-16/h2-5,10-11,15-16H,6-9,12H2,1H3,(H,20,25). The highest BCUT2D eigenvalue weighted by atomic mass is 16.2. The lowest BCUT2D eigenvalue weighted by Crippen LogP contribution is -2.33. The summed E-state index contributed by atoms with van der Waals surface area (Å²) in [6.07, 6.45) is 6.20. The van der Waals surface area contributed by atoms with Crippen molar-refractivity contribution in [1.29, 1.82) is 0 Å². The monoisotopic (exact) mass is 338 g/mol. The van der Waals surface area contributed by atoms with Gasteiger partial charge in [0.05, 0.1) is 17.8 Å². The zero-order valence-corrected chi connectivity index (χ0v) is 14.3. The van der Waals surface area contributed by atoms with Crippen molar-refractivity contribution in [2.75, 3.05) is 6.54 Å². The first-order valence-corrected chi connectivity index (χ1v) is 8.78. The van der Waals surface area contributed by atoms with Crippen molar-refractivity contribution in [3.63, 3.8) is 0 Å². The van der Waals surface area contributed by atoms with Crippen LogP contribution in [0.25, 0.3) is 5.69 Å². The molecule has 2 heterocycles. The third-order valence-corrected chi connectivity index (χ3v) is 4.98. The number of carbonyl (C=O) groups is 2. The number of hydrogen-bond donors (Lipinski definition) is 1. The van der Waals surface area contributed by atoms with Crippen LogP contribution in [0.1, 0.15) is 30.4 Å². The highest BCUT2D eigenvalue weighted by molar-refractivity contribution is 5.89. The van der Waals surface area contributed by atoms with E-state index in [4.69, 9.17) is 0 Å². The molecule has 6 heteroatoms. The molecular weight excluding hydrogens is 316 g/mol. The number of aromatic nitrogens is 2. The minimum atomic E-state index is -0.223. The van der Waals surface area contributed by atoms with Crippen molar-refractivity contribution in [3.8, 4) is 5.69 Å². The summed E-state index contributed by atoms with van der Waals surface area (Å²) in [7, 11) is 0. The van der Waals surface area contributed by atoms with Gasteiger partial charge in [-0.2, -0.15) is 5.10 Å². The molecule has 1 aliphatic heterocycles. The van der Waals surface area contributed by atoms with Crippen LogP contribution in [-0.2, 0) is 16.1 Å². The maximum Gasteiger partial charge on any atom is 0.225 e. The smallest absolute Gasteiger partial charge is 0.225 e. The Balaban J connectivity index is 1.35. The lowest BCUT2D eigenvalue weighted by Gasteiger charge is -2.15. The number of benzene rings is 1.